The molecule has 20 heavy (non-hydrogen) atoms. The molecule has 1 N–H and O–H groups in total. The van der Waals surface area contributed by atoms with Crippen molar-refractivity contribution < 1.29 is 14.6 Å². The Hall–Kier alpha value is -1.55. The van der Waals surface area contributed by atoms with Crippen molar-refractivity contribution in [3.8, 4) is 0 Å². The van der Waals surface area contributed by atoms with Crippen LogP contribution >= 0.6 is 0 Å². The van der Waals surface area contributed by atoms with Gasteiger partial charge in [0.1, 0.15) is 5.60 Å². The first-order valence-electron chi connectivity index (χ1n) is 7.10. The molecule has 110 valence electrons. The van der Waals surface area contributed by atoms with Crippen molar-refractivity contribution in [3.05, 3.63) is 35.4 Å². The molecule has 0 aromatic heterocycles. The SMILES string of the molecule is CC(C)(C)OC(=O)N1CCCC1c1ccc(CO)cc1. The number of hydrogen-bond donors (Lipinski definition) is 1. The summed E-state index contributed by atoms with van der Waals surface area (Å²) in [7, 11) is 0. The topological polar surface area (TPSA) is 49.8 Å². The van der Waals surface area contributed by atoms with Gasteiger partial charge in [-0.3, -0.25) is 0 Å². The van der Waals surface area contributed by atoms with Crippen molar-refractivity contribution in [1.29, 1.82) is 0 Å². The van der Waals surface area contributed by atoms with E-state index < -0.39 is 5.60 Å². The fourth-order valence-electron chi connectivity index (χ4n) is 2.50. The number of hydrogen-bond acceptors (Lipinski definition) is 3. The first-order chi connectivity index (χ1) is 9.40. The van der Waals surface area contributed by atoms with Crippen LogP contribution < -0.4 is 0 Å². The predicted molar refractivity (Wildman–Crippen MR) is 77.3 cm³/mol. The Balaban J connectivity index is 2.12. The van der Waals surface area contributed by atoms with Gasteiger partial charge in [-0.2, -0.15) is 0 Å². The van der Waals surface area contributed by atoms with Crippen LogP contribution in [-0.2, 0) is 11.3 Å². The first kappa shape index (κ1) is 14.9. The van der Waals surface area contributed by atoms with Gasteiger partial charge < -0.3 is 14.7 Å². The van der Waals surface area contributed by atoms with Crippen LogP contribution in [0.15, 0.2) is 24.3 Å². The summed E-state index contributed by atoms with van der Waals surface area (Å²) in [6.45, 7) is 6.42. The number of ether oxygens (including phenoxy) is 1. The molecular formula is C16H23NO3. The van der Waals surface area contributed by atoms with Gasteiger partial charge in [-0.25, -0.2) is 4.79 Å². The largest absolute Gasteiger partial charge is 0.444 e. The maximum absolute atomic E-state index is 12.2. The van der Waals surface area contributed by atoms with Crippen LogP contribution in [0.2, 0.25) is 0 Å². The van der Waals surface area contributed by atoms with Gasteiger partial charge in [0.15, 0.2) is 0 Å². The van der Waals surface area contributed by atoms with Gasteiger partial charge in [-0.1, -0.05) is 24.3 Å². The third-order valence-electron chi connectivity index (χ3n) is 3.43. The monoisotopic (exact) mass is 277 g/mol. The van der Waals surface area contributed by atoms with Crippen LogP contribution in [0, 0.1) is 0 Å². The highest BCUT2D eigenvalue weighted by atomic mass is 16.6. The van der Waals surface area contributed by atoms with E-state index in [0.717, 1.165) is 30.5 Å². The van der Waals surface area contributed by atoms with Crippen molar-refractivity contribution in [2.75, 3.05) is 6.54 Å². The molecule has 1 aromatic carbocycles. The first-order valence-corrected chi connectivity index (χ1v) is 7.10. The Labute approximate surface area is 120 Å². The van der Waals surface area contributed by atoms with Crippen molar-refractivity contribution in [3.63, 3.8) is 0 Å². The van der Waals surface area contributed by atoms with Crippen LogP contribution in [0.1, 0.15) is 50.8 Å². The summed E-state index contributed by atoms with van der Waals surface area (Å²) in [6, 6.07) is 7.86. The van der Waals surface area contributed by atoms with Gasteiger partial charge in [0.2, 0.25) is 0 Å². The van der Waals surface area contributed by atoms with Gasteiger partial charge in [0.25, 0.3) is 0 Å². The number of aliphatic hydroxyl groups excluding tert-OH is 1. The van der Waals surface area contributed by atoms with E-state index in [4.69, 9.17) is 9.84 Å². The minimum Gasteiger partial charge on any atom is -0.444 e. The Morgan fingerprint density at radius 2 is 2.00 bits per heavy atom. The quantitative estimate of drug-likeness (QED) is 0.902. The molecule has 1 saturated heterocycles. The normalized spacial score (nSPS) is 19.2. The number of nitrogens with zero attached hydrogens (tertiary/aromatic N) is 1. The van der Waals surface area contributed by atoms with Crippen molar-refractivity contribution in [2.24, 2.45) is 0 Å². The van der Waals surface area contributed by atoms with E-state index >= 15 is 0 Å². The molecule has 4 nitrogen and oxygen atoms in total. The lowest BCUT2D eigenvalue weighted by molar-refractivity contribution is 0.0224. The number of rotatable bonds is 2. The zero-order valence-corrected chi connectivity index (χ0v) is 12.4. The highest BCUT2D eigenvalue weighted by molar-refractivity contribution is 5.69. The second-order valence-electron chi connectivity index (χ2n) is 6.23. The number of benzene rings is 1. The fourth-order valence-corrected chi connectivity index (χ4v) is 2.50. The summed E-state index contributed by atoms with van der Waals surface area (Å²) >= 11 is 0. The van der Waals surface area contributed by atoms with Crippen molar-refractivity contribution in [2.45, 2.75) is 51.9 Å². The molecule has 1 amide bonds. The molecule has 1 atom stereocenters. The Morgan fingerprint density at radius 1 is 1.35 bits per heavy atom. The zero-order valence-electron chi connectivity index (χ0n) is 12.4. The van der Waals surface area contributed by atoms with Crippen molar-refractivity contribution >= 4 is 6.09 Å². The molecule has 4 heteroatoms. The minimum atomic E-state index is -0.467. The summed E-state index contributed by atoms with van der Waals surface area (Å²) < 4.78 is 5.47. The lowest BCUT2D eigenvalue weighted by Gasteiger charge is -2.28. The van der Waals surface area contributed by atoms with E-state index in [1.807, 2.05) is 45.0 Å². The van der Waals surface area contributed by atoms with Gasteiger partial charge in [0.05, 0.1) is 12.6 Å². The molecule has 1 unspecified atom stereocenters. The molecule has 2 rings (SSSR count). The van der Waals surface area contributed by atoms with Gasteiger partial charge in [0, 0.05) is 6.54 Å². The molecule has 1 aliphatic rings. The Bertz CT molecular complexity index is 462. The van der Waals surface area contributed by atoms with Crippen LogP contribution in [0.5, 0.6) is 0 Å². The lowest BCUT2D eigenvalue weighted by Crippen LogP contribution is -2.36. The summed E-state index contributed by atoms with van der Waals surface area (Å²) in [5, 5.41) is 9.08. The summed E-state index contributed by atoms with van der Waals surface area (Å²) in [6.07, 6.45) is 1.70. The maximum Gasteiger partial charge on any atom is 0.410 e. The molecule has 0 radical (unpaired) electrons. The van der Waals surface area contributed by atoms with E-state index in [0.29, 0.717) is 0 Å². The lowest BCUT2D eigenvalue weighted by atomic mass is 10.0. The predicted octanol–water partition coefficient (Wildman–Crippen LogP) is 3.25. The highest BCUT2D eigenvalue weighted by Crippen LogP contribution is 2.33. The molecule has 1 aromatic rings. The zero-order chi connectivity index (χ0) is 14.8. The standard InChI is InChI=1S/C16H23NO3/c1-16(2,3)20-15(19)17-10-4-5-14(17)13-8-6-12(11-18)7-9-13/h6-9,14,18H,4-5,10-11H2,1-3H3. The fraction of sp³-hybridized carbons (Fsp3) is 0.562. The second-order valence-corrected chi connectivity index (χ2v) is 6.23. The van der Waals surface area contributed by atoms with Gasteiger partial charge in [-0.15, -0.1) is 0 Å². The average molecular weight is 277 g/mol. The smallest absolute Gasteiger partial charge is 0.410 e. The van der Waals surface area contributed by atoms with Gasteiger partial charge in [-0.05, 0) is 44.7 Å². The highest BCUT2D eigenvalue weighted by Gasteiger charge is 2.32. The number of carbonyl (C=O) groups is 1. The molecule has 1 aliphatic heterocycles. The average Bonchev–Trinajstić information content (AvgIpc) is 2.86. The van der Waals surface area contributed by atoms with E-state index in [9.17, 15) is 4.79 Å². The van der Waals surface area contributed by atoms with Gasteiger partial charge >= 0.3 is 6.09 Å². The number of aliphatic hydroxyl groups is 1. The van der Waals surface area contributed by atoms with E-state index in [-0.39, 0.29) is 18.7 Å². The van der Waals surface area contributed by atoms with Crippen molar-refractivity contribution in [1.82, 2.24) is 4.90 Å². The Kier molecular flexibility index (Phi) is 4.33. The molecule has 1 heterocycles. The molecule has 1 fully saturated rings. The summed E-state index contributed by atoms with van der Waals surface area (Å²) in [4.78, 5) is 14.0. The number of likely N-dealkylation sites (tertiary alicyclic amines) is 1. The van der Waals surface area contributed by atoms with E-state index in [1.54, 1.807) is 4.90 Å². The molecule has 0 spiro atoms. The number of carbonyl (C=O) groups excluding carboxylic acids is 1. The molecule has 0 aliphatic carbocycles. The molecule has 0 bridgehead atoms. The third kappa shape index (κ3) is 3.51. The molecular weight excluding hydrogens is 254 g/mol. The van der Waals surface area contributed by atoms with E-state index in [2.05, 4.69) is 0 Å². The van der Waals surface area contributed by atoms with Crippen LogP contribution in [0.3, 0.4) is 0 Å². The van der Waals surface area contributed by atoms with Crippen LogP contribution in [0.25, 0.3) is 0 Å². The summed E-state index contributed by atoms with van der Waals surface area (Å²) in [5.41, 5.74) is 1.52. The van der Waals surface area contributed by atoms with Crippen LogP contribution in [-0.4, -0.2) is 28.2 Å². The number of amides is 1. The molecule has 0 saturated carbocycles. The van der Waals surface area contributed by atoms with E-state index in [1.165, 1.54) is 0 Å². The maximum atomic E-state index is 12.2. The minimum absolute atomic E-state index is 0.0424. The Morgan fingerprint density at radius 3 is 2.55 bits per heavy atom. The third-order valence-corrected chi connectivity index (χ3v) is 3.43. The van der Waals surface area contributed by atoms with Crippen LogP contribution in [0.4, 0.5) is 4.79 Å². The second kappa shape index (κ2) is 5.83. The summed E-state index contributed by atoms with van der Waals surface area (Å²) in [5.74, 6) is 0.